The topological polar surface area (TPSA) is 76.5 Å². The van der Waals surface area contributed by atoms with Crippen molar-refractivity contribution in [2.75, 3.05) is 5.73 Å². The molecule has 2 aromatic rings. The molecule has 92 valence electrons. The summed E-state index contributed by atoms with van der Waals surface area (Å²) in [5, 5.41) is 4.57. The molecule has 0 saturated heterocycles. The molecular weight excluding hydrogens is 278 g/mol. The second kappa shape index (κ2) is 6.04. The number of aromatic nitrogens is 2. The zero-order chi connectivity index (χ0) is 13.7. The third kappa shape index (κ3) is 2.76. The van der Waals surface area contributed by atoms with Gasteiger partial charge in [0.15, 0.2) is 0 Å². The second-order valence-corrected chi connectivity index (χ2v) is 3.74. The van der Waals surface area contributed by atoms with Gasteiger partial charge in [-0.05, 0) is 42.6 Å². The van der Waals surface area contributed by atoms with Crippen LogP contribution in [0.15, 0.2) is 40.6 Å². The lowest BCUT2D eigenvalue weighted by atomic mass is 10.1. The SMILES string of the molecule is Nc1cccnc1-c1nccc(N=C=S)c1N=C=S. The molecule has 0 saturated carbocycles. The monoisotopic (exact) mass is 285 g/mol. The van der Waals surface area contributed by atoms with Gasteiger partial charge in [-0.3, -0.25) is 9.97 Å². The van der Waals surface area contributed by atoms with E-state index in [1.165, 1.54) is 0 Å². The fraction of sp³-hybridized carbons (Fsp3) is 0. The minimum atomic E-state index is 0.417. The summed E-state index contributed by atoms with van der Waals surface area (Å²) in [6, 6.07) is 5.11. The first-order valence-corrected chi connectivity index (χ1v) is 5.95. The van der Waals surface area contributed by atoms with Crippen molar-refractivity contribution in [1.29, 1.82) is 0 Å². The molecule has 2 N–H and O–H groups in total. The zero-order valence-electron chi connectivity index (χ0n) is 9.57. The molecule has 0 aliphatic heterocycles. The molecular formula is C12H7N5S2. The lowest BCUT2D eigenvalue weighted by molar-refractivity contribution is 1.24. The molecule has 0 bridgehead atoms. The first-order chi connectivity index (χ1) is 9.27. The Morgan fingerprint density at radius 2 is 1.74 bits per heavy atom. The molecule has 7 heteroatoms. The Balaban J connectivity index is 2.77. The minimum Gasteiger partial charge on any atom is -0.397 e. The van der Waals surface area contributed by atoms with Gasteiger partial charge in [-0.1, -0.05) is 0 Å². The highest BCUT2D eigenvalue weighted by Gasteiger charge is 2.14. The molecule has 0 amide bonds. The molecule has 2 rings (SSSR count). The van der Waals surface area contributed by atoms with Crippen molar-refractivity contribution in [3.63, 3.8) is 0 Å². The summed E-state index contributed by atoms with van der Waals surface area (Å²) in [7, 11) is 0. The van der Waals surface area contributed by atoms with Crippen LogP contribution in [0.4, 0.5) is 17.1 Å². The van der Waals surface area contributed by atoms with Gasteiger partial charge in [0.2, 0.25) is 0 Å². The van der Waals surface area contributed by atoms with E-state index in [1.807, 2.05) is 0 Å². The van der Waals surface area contributed by atoms with E-state index in [0.29, 0.717) is 28.5 Å². The van der Waals surface area contributed by atoms with E-state index in [0.717, 1.165) is 0 Å². The van der Waals surface area contributed by atoms with E-state index in [-0.39, 0.29) is 0 Å². The van der Waals surface area contributed by atoms with Gasteiger partial charge in [-0.15, -0.1) is 0 Å². The van der Waals surface area contributed by atoms with E-state index >= 15 is 0 Å². The Morgan fingerprint density at radius 1 is 1.00 bits per heavy atom. The maximum atomic E-state index is 5.88. The Hall–Kier alpha value is -2.30. The van der Waals surface area contributed by atoms with Gasteiger partial charge >= 0.3 is 0 Å². The molecule has 19 heavy (non-hydrogen) atoms. The first-order valence-electron chi connectivity index (χ1n) is 5.13. The van der Waals surface area contributed by atoms with E-state index in [2.05, 4.69) is 54.7 Å². The number of anilines is 1. The van der Waals surface area contributed by atoms with E-state index in [1.54, 1.807) is 30.6 Å². The maximum absolute atomic E-state index is 5.88. The summed E-state index contributed by atoms with van der Waals surface area (Å²) >= 11 is 9.23. The van der Waals surface area contributed by atoms with Crippen LogP contribution in [0.2, 0.25) is 0 Å². The average Bonchev–Trinajstić information content (AvgIpc) is 2.42. The number of aliphatic imine (C=N–C) groups is 2. The molecule has 2 heterocycles. The summed E-state index contributed by atoms with van der Waals surface area (Å²) in [5.41, 5.74) is 8.26. The van der Waals surface area contributed by atoms with Gasteiger partial charge in [0, 0.05) is 12.4 Å². The van der Waals surface area contributed by atoms with Gasteiger partial charge < -0.3 is 5.73 Å². The van der Waals surface area contributed by atoms with E-state index < -0.39 is 0 Å². The van der Waals surface area contributed by atoms with Gasteiger partial charge in [-0.25, -0.2) is 0 Å². The van der Waals surface area contributed by atoms with Crippen molar-refractivity contribution in [3.05, 3.63) is 30.6 Å². The standard InChI is InChI=1S/C12H7N5S2/c13-8-2-1-4-14-10(8)12-11(17-7-19)9(16-6-18)3-5-15-12/h1-5H,13H2. The second-order valence-electron chi connectivity index (χ2n) is 3.37. The number of thiocarbonyl (C=S) groups is 2. The van der Waals surface area contributed by atoms with Crippen LogP contribution in [0.3, 0.4) is 0 Å². The third-order valence-electron chi connectivity index (χ3n) is 2.29. The van der Waals surface area contributed by atoms with Gasteiger partial charge in [0.1, 0.15) is 22.8 Å². The minimum absolute atomic E-state index is 0.417. The van der Waals surface area contributed by atoms with Crippen LogP contribution in [0.5, 0.6) is 0 Å². The Morgan fingerprint density at radius 3 is 2.42 bits per heavy atom. The van der Waals surface area contributed by atoms with Crippen molar-refractivity contribution in [1.82, 2.24) is 9.97 Å². The Bertz CT molecular complexity index is 716. The summed E-state index contributed by atoms with van der Waals surface area (Å²) < 4.78 is 0. The first kappa shape index (κ1) is 13.1. The van der Waals surface area contributed by atoms with E-state index in [4.69, 9.17) is 5.73 Å². The third-order valence-corrected chi connectivity index (χ3v) is 2.47. The number of isothiocyanates is 2. The molecule has 0 spiro atoms. The molecule has 5 nitrogen and oxygen atoms in total. The molecule has 0 radical (unpaired) electrons. The summed E-state index contributed by atoms with van der Waals surface area (Å²) in [4.78, 5) is 16.3. The Labute approximate surface area is 120 Å². The highest BCUT2D eigenvalue weighted by atomic mass is 32.1. The number of nitrogens with zero attached hydrogens (tertiary/aromatic N) is 4. The number of hydrogen-bond donors (Lipinski definition) is 1. The van der Waals surface area contributed by atoms with Crippen LogP contribution in [0, 0.1) is 0 Å². The molecule has 2 aromatic heterocycles. The molecule has 0 atom stereocenters. The van der Waals surface area contributed by atoms with Crippen molar-refractivity contribution in [2.45, 2.75) is 0 Å². The number of rotatable bonds is 3. The van der Waals surface area contributed by atoms with Crippen LogP contribution in [-0.2, 0) is 0 Å². The quantitative estimate of drug-likeness (QED) is 0.692. The smallest absolute Gasteiger partial charge is 0.128 e. The summed E-state index contributed by atoms with van der Waals surface area (Å²) in [6.07, 6.45) is 3.19. The molecule has 0 aliphatic rings. The lowest BCUT2D eigenvalue weighted by Crippen LogP contribution is -1.94. The largest absolute Gasteiger partial charge is 0.397 e. The van der Waals surface area contributed by atoms with Crippen molar-refractivity contribution < 1.29 is 0 Å². The van der Waals surface area contributed by atoms with Gasteiger partial charge in [0.25, 0.3) is 0 Å². The predicted molar refractivity (Wildman–Crippen MR) is 81.3 cm³/mol. The number of nitrogens with two attached hydrogens (primary N) is 1. The summed E-state index contributed by atoms with van der Waals surface area (Å²) in [5.74, 6) is 0. The molecule has 0 unspecified atom stereocenters. The number of hydrogen-bond acceptors (Lipinski definition) is 7. The maximum Gasteiger partial charge on any atom is 0.128 e. The fourth-order valence-corrected chi connectivity index (χ4v) is 1.72. The average molecular weight is 285 g/mol. The van der Waals surface area contributed by atoms with Crippen molar-refractivity contribution >= 4 is 51.8 Å². The molecule has 0 aromatic carbocycles. The normalized spacial score (nSPS) is 9.26. The predicted octanol–water partition coefficient (Wildman–Crippen LogP) is 3.19. The van der Waals surface area contributed by atoms with Crippen LogP contribution in [-0.4, -0.2) is 20.3 Å². The number of nitrogen functional groups attached to an aromatic ring is 1. The van der Waals surface area contributed by atoms with E-state index in [9.17, 15) is 0 Å². The highest BCUT2D eigenvalue weighted by molar-refractivity contribution is 7.78. The fourth-order valence-electron chi connectivity index (χ4n) is 1.53. The van der Waals surface area contributed by atoms with Crippen LogP contribution in [0.1, 0.15) is 0 Å². The highest BCUT2D eigenvalue weighted by Crippen LogP contribution is 2.37. The molecule has 0 aliphatic carbocycles. The van der Waals surface area contributed by atoms with Crippen molar-refractivity contribution in [3.8, 4) is 11.4 Å². The van der Waals surface area contributed by atoms with Crippen LogP contribution < -0.4 is 5.73 Å². The lowest BCUT2D eigenvalue weighted by Gasteiger charge is -2.07. The van der Waals surface area contributed by atoms with Crippen molar-refractivity contribution in [2.24, 2.45) is 9.98 Å². The zero-order valence-corrected chi connectivity index (χ0v) is 11.2. The Kier molecular flexibility index (Phi) is 4.18. The number of pyridine rings is 2. The van der Waals surface area contributed by atoms with Crippen LogP contribution >= 0.6 is 24.4 Å². The van der Waals surface area contributed by atoms with Gasteiger partial charge in [0.05, 0.1) is 16.0 Å². The molecule has 0 fully saturated rings. The summed E-state index contributed by atoms with van der Waals surface area (Å²) in [6.45, 7) is 0. The van der Waals surface area contributed by atoms with Gasteiger partial charge in [-0.2, -0.15) is 9.98 Å². The van der Waals surface area contributed by atoms with Crippen LogP contribution in [0.25, 0.3) is 11.4 Å².